The minimum Gasteiger partial charge on any atom is -0.318 e. The van der Waals surface area contributed by atoms with E-state index in [1.807, 2.05) is 22.6 Å². The molecular weight excluding hydrogens is 389 g/mol. The van der Waals surface area contributed by atoms with Gasteiger partial charge in [-0.05, 0) is 29.5 Å². The van der Waals surface area contributed by atoms with E-state index in [-0.39, 0.29) is 23.5 Å². The molecule has 9 heteroatoms. The predicted octanol–water partition coefficient (Wildman–Crippen LogP) is 1.40. The van der Waals surface area contributed by atoms with E-state index in [2.05, 4.69) is 10.4 Å². The number of nitrogens with zero attached hydrogens (tertiary/aromatic N) is 3. The average Bonchev–Trinajstić information content (AvgIpc) is 2.47. The lowest BCUT2D eigenvalue weighted by atomic mass is 10.1. The first-order valence-electron chi connectivity index (χ1n) is 5.90. The summed E-state index contributed by atoms with van der Waals surface area (Å²) in [5.74, 6) is 5.91. The molecule has 0 unspecified atom stereocenters. The second kappa shape index (κ2) is 6.18. The normalized spacial score (nSPS) is 10.4. The molecule has 8 nitrogen and oxygen atoms in total. The summed E-state index contributed by atoms with van der Waals surface area (Å²) in [5, 5.41) is 11.0. The van der Waals surface area contributed by atoms with Crippen LogP contribution >= 0.6 is 22.6 Å². The van der Waals surface area contributed by atoms with Crippen LogP contribution in [0.2, 0.25) is 0 Å². The summed E-state index contributed by atoms with van der Waals surface area (Å²) >= 11 is 1.90. The Morgan fingerprint density at radius 3 is 2.86 bits per heavy atom. The number of rotatable bonds is 4. The maximum Gasteiger partial charge on any atom is 0.293 e. The van der Waals surface area contributed by atoms with Crippen molar-refractivity contribution < 1.29 is 4.92 Å². The van der Waals surface area contributed by atoms with Crippen LogP contribution < -0.4 is 16.8 Å². The summed E-state index contributed by atoms with van der Waals surface area (Å²) in [5.41, 5.74) is 2.73. The Bertz CT molecular complexity index is 759. The van der Waals surface area contributed by atoms with Crippen molar-refractivity contribution in [1.29, 1.82) is 0 Å². The summed E-state index contributed by atoms with van der Waals surface area (Å²) in [7, 11) is 0. The minimum absolute atomic E-state index is 0.140. The SMILES string of the molecule is Cc1ncc(I)c(=O)n1Cc1cccc([N+](=O)[O-])c1NN. The number of anilines is 1. The van der Waals surface area contributed by atoms with Gasteiger partial charge in [0.15, 0.2) is 0 Å². The molecule has 2 aromatic rings. The fourth-order valence-electron chi connectivity index (χ4n) is 1.94. The summed E-state index contributed by atoms with van der Waals surface area (Å²) < 4.78 is 1.92. The zero-order chi connectivity index (χ0) is 15.6. The molecule has 0 atom stereocenters. The highest BCUT2D eigenvalue weighted by Gasteiger charge is 2.17. The van der Waals surface area contributed by atoms with Gasteiger partial charge in [-0.25, -0.2) is 4.98 Å². The van der Waals surface area contributed by atoms with E-state index in [1.54, 1.807) is 19.1 Å². The van der Waals surface area contributed by atoms with Gasteiger partial charge in [0.05, 0.1) is 15.0 Å². The molecule has 0 aliphatic heterocycles. The Hall–Kier alpha value is -2.01. The van der Waals surface area contributed by atoms with Crippen LogP contribution in [-0.2, 0) is 6.54 Å². The smallest absolute Gasteiger partial charge is 0.293 e. The van der Waals surface area contributed by atoms with Crippen LogP contribution in [-0.4, -0.2) is 14.5 Å². The number of nitrogen functional groups attached to an aromatic ring is 1. The number of nitrogens with two attached hydrogens (primary N) is 1. The Balaban J connectivity index is 2.55. The van der Waals surface area contributed by atoms with Crippen molar-refractivity contribution in [2.45, 2.75) is 13.5 Å². The molecule has 0 fully saturated rings. The molecule has 2 rings (SSSR count). The highest BCUT2D eigenvalue weighted by molar-refractivity contribution is 14.1. The lowest BCUT2D eigenvalue weighted by Gasteiger charge is -2.13. The fourth-order valence-corrected chi connectivity index (χ4v) is 2.38. The van der Waals surface area contributed by atoms with E-state index in [0.717, 1.165) is 0 Å². The average molecular weight is 401 g/mol. The van der Waals surface area contributed by atoms with Gasteiger partial charge >= 0.3 is 0 Å². The van der Waals surface area contributed by atoms with Crippen molar-refractivity contribution in [2.75, 3.05) is 5.43 Å². The van der Waals surface area contributed by atoms with Gasteiger partial charge in [-0.2, -0.15) is 0 Å². The monoisotopic (exact) mass is 401 g/mol. The summed E-state index contributed by atoms with van der Waals surface area (Å²) in [6.45, 7) is 1.85. The Morgan fingerprint density at radius 1 is 1.52 bits per heavy atom. The van der Waals surface area contributed by atoms with Gasteiger partial charge in [0.1, 0.15) is 11.5 Å². The standard InChI is InChI=1S/C12H12IN5O3/c1-7-15-5-9(13)12(19)17(7)6-8-3-2-4-10(18(20)21)11(8)16-14/h2-5,16H,6,14H2,1H3. The van der Waals surface area contributed by atoms with Crippen LogP contribution in [0.3, 0.4) is 0 Å². The molecule has 0 aliphatic carbocycles. The number of hydrogen-bond donors (Lipinski definition) is 2. The second-order valence-electron chi connectivity index (χ2n) is 4.26. The number of benzene rings is 1. The highest BCUT2D eigenvalue weighted by atomic mass is 127. The van der Waals surface area contributed by atoms with Crippen molar-refractivity contribution in [2.24, 2.45) is 5.84 Å². The van der Waals surface area contributed by atoms with Gasteiger partial charge < -0.3 is 5.43 Å². The molecule has 0 aliphatic rings. The molecule has 3 N–H and O–H groups in total. The van der Waals surface area contributed by atoms with E-state index >= 15 is 0 Å². The van der Waals surface area contributed by atoms with Gasteiger partial charge in [0, 0.05) is 17.8 Å². The molecule has 0 radical (unpaired) electrons. The number of halogens is 1. The first kappa shape index (κ1) is 15.4. The zero-order valence-corrected chi connectivity index (χ0v) is 13.2. The summed E-state index contributed by atoms with van der Waals surface area (Å²) in [6.07, 6.45) is 1.49. The quantitative estimate of drug-likeness (QED) is 0.346. The fraction of sp³-hybridized carbons (Fsp3) is 0.167. The number of hydrogen-bond acceptors (Lipinski definition) is 6. The maximum atomic E-state index is 12.1. The molecule has 1 aromatic heterocycles. The number of nitro groups is 1. The number of para-hydroxylation sites is 1. The lowest BCUT2D eigenvalue weighted by Crippen LogP contribution is -2.26. The third kappa shape index (κ3) is 3.03. The van der Waals surface area contributed by atoms with Gasteiger partial charge in [-0.1, -0.05) is 12.1 Å². The van der Waals surface area contributed by atoms with Crippen LogP contribution in [0.5, 0.6) is 0 Å². The predicted molar refractivity (Wildman–Crippen MR) is 86.0 cm³/mol. The van der Waals surface area contributed by atoms with Crippen LogP contribution in [0.4, 0.5) is 11.4 Å². The lowest BCUT2D eigenvalue weighted by molar-refractivity contribution is -0.384. The Labute approximate surface area is 133 Å². The summed E-state index contributed by atoms with van der Waals surface area (Å²) in [6, 6.07) is 4.57. The topological polar surface area (TPSA) is 116 Å². The number of aromatic nitrogens is 2. The minimum atomic E-state index is -0.526. The van der Waals surface area contributed by atoms with Crippen LogP contribution in [0, 0.1) is 20.6 Å². The second-order valence-corrected chi connectivity index (χ2v) is 5.42. The van der Waals surface area contributed by atoms with Crippen LogP contribution in [0.1, 0.15) is 11.4 Å². The van der Waals surface area contributed by atoms with E-state index < -0.39 is 4.92 Å². The molecule has 110 valence electrons. The molecule has 0 bridgehead atoms. The third-order valence-electron chi connectivity index (χ3n) is 3.00. The number of hydrazine groups is 1. The summed E-state index contributed by atoms with van der Waals surface area (Å²) in [4.78, 5) is 26.7. The van der Waals surface area contributed by atoms with Crippen molar-refractivity contribution in [1.82, 2.24) is 9.55 Å². The van der Waals surface area contributed by atoms with E-state index in [9.17, 15) is 14.9 Å². The van der Waals surface area contributed by atoms with Crippen molar-refractivity contribution >= 4 is 34.0 Å². The largest absolute Gasteiger partial charge is 0.318 e. The Kier molecular flexibility index (Phi) is 4.53. The van der Waals surface area contributed by atoms with Crippen LogP contribution in [0.25, 0.3) is 0 Å². The van der Waals surface area contributed by atoms with E-state index in [1.165, 1.54) is 16.8 Å². The van der Waals surface area contributed by atoms with Gasteiger partial charge in [-0.3, -0.25) is 25.3 Å². The number of nitrogens with one attached hydrogen (secondary N) is 1. The van der Waals surface area contributed by atoms with E-state index in [0.29, 0.717) is 15.0 Å². The molecule has 0 spiro atoms. The first-order chi connectivity index (χ1) is 9.95. The van der Waals surface area contributed by atoms with Crippen LogP contribution in [0.15, 0.2) is 29.2 Å². The number of nitro benzene ring substituents is 1. The van der Waals surface area contributed by atoms with Gasteiger partial charge in [0.25, 0.3) is 11.2 Å². The number of aryl methyl sites for hydroxylation is 1. The van der Waals surface area contributed by atoms with Gasteiger partial charge in [0.2, 0.25) is 0 Å². The van der Waals surface area contributed by atoms with Crippen molar-refractivity contribution in [3.05, 3.63) is 59.8 Å². The van der Waals surface area contributed by atoms with E-state index in [4.69, 9.17) is 5.84 Å². The van der Waals surface area contributed by atoms with Crippen molar-refractivity contribution in [3.63, 3.8) is 0 Å². The molecular formula is C12H12IN5O3. The molecule has 1 heterocycles. The highest BCUT2D eigenvalue weighted by Crippen LogP contribution is 2.27. The zero-order valence-electron chi connectivity index (χ0n) is 11.0. The van der Waals surface area contributed by atoms with Gasteiger partial charge in [-0.15, -0.1) is 0 Å². The molecule has 0 saturated carbocycles. The molecule has 0 amide bonds. The molecule has 21 heavy (non-hydrogen) atoms. The molecule has 1 aromatic carbocycles. The molecule has 0 saturated heterocycles. The maximum absolute atomic E-state index is 12.1. The Morgan fingerprint density at radius 2 is 2.24 bits per heavy atom. The first-order valence-corrected chi connectivity index (χ1v) is 6.98. The van der Waals surface area contributed by atoms with Crippen molar-refractivity contribution in [3.8, 4) is 0 Å². The third-order valence-corrected chi connectivity index (χ3v) is 3.74.